The molecule has 2 aliphatic rings. The van der Waals surface area contributed by atoms with Gasteiger partial charge in [-0.2, -0.15) is 0 Å². The molecule has 2 aromatic rings. The number of Topliss-reactive ketones (excluding diaryl/α,β-unsaturated/α-hetero) is 1. The molecule has 2 aromatic carbocycles. The first-order valence-electron chi connectivity index (χ1n) is 11.6. The SMILES string of the molecule is COc1ccc(C2C(=C([O-])c3ccc(OC)c(Cl)c3)C(=O)C(=O)N2CCC[NH+]2CCOCC2)cc1. The lowest BCUT2D eigenvalue weighted by Crippen LogP contribution is -3.14. The molecule has 9 heteroatoms. The van der Waals surface area contributed by atoms with Crippen LogP contribution in [0.2, 0.25) is 5.02 Å². The van der Waals surface area contributed by atoms with Gasteiger partial charge in [0, 0.05) is 18.5 Å². The molecule has 2 fully saturated rings. The van der Waals surface area contributed by atoms with Crippen molar-refractivity contribution in [1.82, 2.24) is 4.90 Å². The second-order valence-corrected chi connectivity index (χ2v) is 8.97. The largest absolute Gasteiger partial charge is 0.872 e. The Balaban J connectivity index is 1.69. The smallest absolute Gasteiger partial charge is 0.295 e. The minimum Gasteiger partial charge on any atom is -0.872 e. The molecule has 1 atom stereocenters. The van der Waals surface area contributed by atoms with Gasteiger partial charge in [0.1, 0.15) is 24.6 Å². The Morgan fingerprint density at radius 3 is 2.46 bits per heavy atom. The zero-order valence-corrected chi connectivity index (χ0v) is 20.6. The highest BCUT2D eigenvalue weighted by Gasteiger charge is 2.44. The van der Waals surface area contributed by atoms with E-state index in [1.54, 1.807) is 43.5 Å². The number of benzene rings is 2. The van der Waals surface area contributed by atoms with Crippen LogP contribution in [0.4, 0.5) is 0 Å². The molecule has 35 heavy (non-hydrogen) atoms. The average Bonchev–Trinajstić information content (AvgIpc) is 3.14. The Labute approximate surface area is 209 Å². The minimum absolute atomic E-state index is 0.0693. The van der Waals surface area contributed by atoms with Gasteiger partial charge in [-0.3, -0.25) is 9.59 Å². The van der Waals surface area contributed by atoms with Gasteiger partial charge in [0.25, 0.3) is 5.91 Å². The Hall–Kier alpha value is -3.07. The topological polar surface area (TPSA) is 92.6 Å². The van der Waals surface area contributed by atoms with Crippen LogP contribution < -0.4 is 19.5 Å². The Bertz CT molecular complexity index is 1110. The summed E-state index contributed by atoms with van der Waals surface area (Å²) in [5.74, 6) is -0.898. The summed E-state index contributed by atoms with van der Waals surface area (Å²) < 4.78 is 15.8. The third-order valence-electron chi connectivity index (χ3n) is 6.50. The van der Waals surface area contributed by atoms with Gasteiger partial charge in [0.05, 0.1) is 45.0 Å². The standard InChI is InChI=1S/C26H29ClN2O6/c1-33-19-7-4-17(5-8-19)23-22(24(30)18-6-9-21(34-2)20(27)16-18)25(31)26(32)29(23)11-3-10-28-12-14-35-15-13-28/h4-9,16,23,30H,3,10-15H2,1-2H3. The first-order chi connectivity index (χ1) is 16.9. The highest BCUT2D eigenvalue weighted by atomic mass is 35.5. The molecule has 2 heterocycles. The molecule has 0 bridgehead atoms. The maximum atomic E-state index is 13.5. The number of hydrogen-bond donors (Lipinski definition) is 1. The number of ketones is 1. The van der Waals surface area contributed by atoms with Crippen molar-refractivity contribution in [3.63, 3.8) is 0 Å². The summed E-state index contributed by atoms with van der Waals surface area (Å²) >= 11 is 6.23. The van der Waals surface area contributed by atoms with Crippen molar-refractivity contribution in [2.45, 2.75) is 12.5 Å². The summed E-state index contributed by atoms with van der Waals surface area (Å²) in [5, 5.41) is 13.8. The molecule has 0 aromatic heterocycles. The van der Waals surface area contributed by atoms with E-state index >= 15 is 0 Å². The highest BCUT2D eigenvalue weighted by Crippen LogP contribution is 2.40. The van der Waals surface area contributed by atoms with E-state index in [1.807, 2.05) is 0 Å². The lowest BCUT2D eigenvalue weighted by atomic mass is 9.95. The average molecular weight is 501 g/mol. The van der Waals surface area contributed by atoms with E-state index in [9.17, 15) is 14.7 Å². The molecular weight excluding hydrogens is 472 g/mol. The fraction of sp³-hybridized carbons (Fsp3) is 0.385. The molecule has 4 rings (SSSR count). The number of likely N-dealkylation sites (tertiary alicyclic amines) is 1. The first kappa shape index (κ1) is 25.0. The maximum Gasteiger partial charge on any atom is 0.295 e. The molecule has 0 aliphatic carbocycles. The van der Waals surface area contributed by atoms with Gasteiger partial charge >= 0.3 is 0 Å². The summed E-state index contributed by atoms with van der Waals surface area (Å²) in [6, 6.07) is 10.9. The molecule has 8 nitrogen and oxygen atoms in total. The van der Waals surface area contributed by atoms with Crippen molar-refractivity contribution in [2.24, 2.45) is 0 Å². The summed E-state index contributed by atoms with van der Waals surface area (Å²) in [6.07, 6.45) is 0.705. The monoisotopic (exact) mass is 500 g/mol. The number of ether oxygens (including phenoxy) is 3. The number of nitrogens with zero attached hydrogens (tertiary/aromatic N) is 1. The molecule has 0 spiro atoms. The molecule has 0 radical (unpaired) electrons. The van der Waals surface area contributed by atoms with Crippen LogP contribution in [0.5, 0.6) is 11.5 Å². The quantitative estimate of drug-likeness (QED) is 0.329. The van der Waals surface area contributed by atoms with Gasteiger partial charge in [-0.1, -0.05) is 35.6 Å². The van der Waals surface area contributed by atoms with E-state index in [4.69, 9.17) is 25.8 Å². The van der Waals surface area contributed by atoms with E-state index in [0.29, 0.717) is 30.0 Å². The van der Waals surface area contributed by atoms with E-state index in [0.717, 1.165) is 32.8 Å². The van der Waals surface area contributed by atoms with Gasteiger partial charge in [0.2, 0.25) is 5.78 Å². The van der Waals surface area contributed by atoms with Crippen LogP contribution >= 0.6 is 11.6 Å². The van der Waals surface area contributed by atoms with Crippen molar-refractivity contribution < 1.29 is 33.8 Å². The van der Waals surface area contributed by atoms with Crippen LogP contribution in [-0.4, -0.2) is 70.2 Å². The fourth-order valence-corrected chi connectivity index (χ4v) is 4.86. The zero-order chi connectivity index (χ0) is 24.9. The molecular formula is C26H29ClN2O6. The number of carbonyl (C=O) groups is 2. The van der Waals surface area contributed by atoms with Crippen LogP contribution in [0.1, 0.15) is 23.6 Å². The third kappa shape index (κ3) is 5.29. The predicted octanol–water partition coefficient (Wildman–Crippen LogP) is 0.886. The Morgan fingerprint density at radius 1 is 1.11 bits per heavy atom. The van der Waals surface area contributed by atoms with Gasteiger partial charge in [-0.05, 0) is 35.4 Å². The number of halogens is 1. The van der Waals surface area contributed by atoms with Gasteiger partial charge < -0.3 is 29.1 Å². The summed E-state index contributed by atoms with van der Waals surface area (Å²) in [6.45, 7) is 4.51. The summed E-state index contributed by atoms with van der Waals surface area (Å²) in [5.41, 5.74) is 0.830. The second-order valence-electron chi connectivity index (χ2n) is 8.56. The second kappa shape index (κ2) is 11.1. The van der Waals surface area contributed by atoms with Crippen molar-refractivity contribution in [1.29, 1.82) is 0 Å². The molecule has 2 saturated heterocycles. The lowest BCUT2D eigenvalue weighted by Gasteiger charge is -2.29. The van der Waals surface area contributed by atoms with E-state index < -0.39 is 23.5 Å². The lowest BCUT2D eigenvalue weighted by molar-refractivity contribution is -0.908. The number of hydrogen-bond acceptors (Lipinski definition) is 6. The van der Waals surface area contributed by atoms with Crippen molar-refractivity contribution in [3.8, 4) is 11.5 Å². The van der Waals surface area contributed by atoms with Crippen LogP contribution in [0.25, 0.3) is 5.76 Å². The number of quaternary nitrogens is 1. The van der Waals surface area contributed by atoms with E-state index in [1.165, 1.54) is 23.0 Å². The number of morpholine rings is 1. The van der Waals surface area contributed by atoms with Crippen LogP contribution in [-0.2, 0) is 14.3 Å². The van der Waals surface area contributed by atoms with Crippen LogP contribution in [0.15, 0.2) is 48.0 Å². The summed E-state index contributed by atoms with van der Waals surface area (Å²) in [4.78, 5) is 29.2. The Kier molecular flexibility index (Phi) is 7.95. The molecule has 1 N–H and O–H groups in total. The Morgan fingerprint density at radius 2 is 1.83 bits per heavy atom. The zero-order valence-electron chi connectivity index (χ0n) is 19.8. The third-order valence-corrected chi connectivity index (χ3v) is 6.80. The van der Waals surface area contributed by atoms with E-state index in [-0.39, 0.29) is 16.2 Å². The summed E-state index contributed by atoms with van der Waals surface area (Å²) in [7, 11) is 3.04. The van der Waals surface area contributed by atoms with E-state index in [2.05, 4.69) is 0 Å². The van der Waals surface area contributed by atoms with Crippen molar-refractivity contribution in [3.05, 3.63) is 64.2 Å². The molecule has 1 amide bonds. The fourth-order valence-electron chi connectivity index (χ4n) is 4.61. The molecule has 186 valence electrons. The molecule has 1 unspecified atom stereocenters. The number of nitrogens with one attached hydrogen (secondary N) is 1. The number of carbonyl (C=O) groups excluding carboxylic acids is 2. The maximum absolute atomic E-state index is 13.5. The van der Waals surface area contributed by atoms with Gasteiger partial charge in [0.15, 0.2) is 0 Å². The molecule has 2 aliphatic heterocycles. The number of rotatable bonds is 8. The van der Waals surface area contributed by atoms with Crippen molar-refractivity contribution in [2.75, 3.05) is 53.6 Å². The highest BCUT2D eigenvalue weighted by molar-refractivity contribution is 6.46. The number of methoxy groups -OCH3 is 2. The van der Waals surface area contributed by atoms with Crippen LogP contribution in [0.3, 0.4) is 0 Å². The number of amides is 1. The van der Waals surface area contributed by atoms with Gasteiger partial charge in [-0.15, -0.1) is 0 Å². The normalized spacial score (nSPS) is 20.3. The van der Waals surface area contributed by atoms with Gasteiger partial charge in [-0.25, -0.2) is 0 Å². The van der Waals surface area contributed by atoms with Crippen LogP contribution in [0, 0.1) is 0 Å². The molecule has 0 saturated carbocycles. The van der Waals surface area contributed by atoms with Crippen molar-refractivity contribution >= 4 is 29.1 Å². The predicted molar refractivity (Wildman–Crippen MR) is 128 cm³/mol. The minimum atomic E-state index is -0.783. The first-order valence-corrected chi connectivity index (χ1v) is 12.0.